The van der Waals surface area contributed by atoms with Crippen molar-refractivity contribution >= 4 is 22.8 Å². The number of rotatable bonds is 6. The summed E-state index contributed by atoms with van der Waals surface area (Å²) >= 11 is 0. The average molecular weight is 451 g/mol. The van der Waals surface area contributed by atoms with Crippen molar-refractivity contribution in [2.45, 2.75) is 0 Å². The first-order valence-electron chi connectivity index (χ1n) is 10.7. The molecule has 3 N–H and O–H groups in total. The van der Waals surface area contributed by atoms with Crippen LogP contribution in [0.1, 0.15) is 0 Å². The standard InChI is InChI=1S/C23H23F2N7O/c24-16-6-4-15(5-7-16)20-19-21(26)32(18-3-1-2-17(25)14-18)30-22(19)29-23(28-20)27-8-9-31-10-12-33-13-11-31/h1-7,14H,8-13,26H2,(H,27,29,30). The number of nitrogens with one attached hydrogen (secondary N) is 1. The summed E-state index contributed by atoms with van der Waals surface area (Å²) in [5.74, 6) is -0.0909. The third-order valence-electron chi connectivity index (χ3n) is 5.55. The number of nitrogen functional groups attached to an aromatic ring is 1. The average Bonchev–Trinajstić information content (AvgIpc) is 3.16. The molecule has 0 spiro atoms. The Morgan fingerprint density at radius 2 is 1.79 bits per heavy atom. The van der Waals surface area contributed by atoms with Crippen molar-refractivity contribution in [3.63, 3.8) is 0 Å². The van der Waals surface area contributed by atoms with E-state index in [1.54, 1.807) is 24.3 Å². The molecule has 1 aliphatic rings. The summed E-state index contributed by atoms with van der Waals surface area (Å²) in [6.07, 6.45) is 0. The lowest BCUT2D eigenvalue weighted by atomic mass is 10.1. The van der Waals surface area contributed by atoms with Crippen LogP contribution in [0.2, 0.25) is 0 Å². The van der Waals surface area contributed by atoms with E-state index in [1.165, 1.54) is 28.9 Å². The van der Waals surface area contributed by atoms with Crippen molar-refractivity contribution in [1.29, 1.82) is 0 Å². The Hall–Kier alpha value is -3.63. The molecule has 5 rings (SSSR count). The first-order chi connectivity index (χ1) is 16.1. The van der Waals surface area contributed by atoms with Crippen molar-refractivity contribution in [3.8, 4) is 16.9 Å². The second-order valence-corrected chi connectivity index (χ2v) is 7.76. The molecule has 0 atom stereocenters. The number of nitrogens with zero attached hydrogens (tertiary/aromatic N) is 5. The molecule has 4 aromatic rings. The molecule has 0 saturated carbocycles. The highest BCUT2D eigenvalue weighted by atomic mass is 19.1. The maximum atomic E-state index is 13.8. The fraction of sp³-hybridized carbons (Fsp3) is 0.261. The number of ether oxygens (including phenoxy) is 1. The highest BCUT2D eigenvalue weighted by Gasteiger charge is 2.20. The second-order valence-electron chi connectivity index (χ2n) is 7.76. The van der Waals surface area contributed by atoms with E-state index in [2.05, 4.69) is 25.3 Å². The molecule has 2 aromatic carbocycles. The van der Waals surface area contributed by atoms with Gasteiger partial charge in [-0.15, -0.1) is 5.10 Å². The van der Waals surface area contributed by atoms with Gasteiger partial charge in [0.2, 0.25) is 5.95 Å². The van der Waals surface area contributed by atoms with Crippen LogP contribution >= 0.6 is 0 Å². The normalized spacial score (nSPS) is 14.6. The maximum absolute atomic E-state index is 13.8. The molecule has 170 valence electrons. The molecule has 0 radical (unpaired) electrons. The second kappa shape index (κ2) is 9.08. The third-order valence-corrected chi connectivity index (χ3v) is 5.55. The van der Waals surface area contributed by atoms with Gasteiger partial charge in [-0.1, -0.05) is 6.07 Å². The van der Waals surface area contributed by atoms with E-state index in [1.807, 2.05) is 0 Å². The zero-order valence-electron chi connectivity index (χ0n) is 17.8. The van der Waals surface area contributed by atoms with Crippen LogP contribution in [0.15, 0.2) is 48.5 Å². The number of nitrogens with two attached hydrogens (primary N) is 1. The predicted molar refractivity (Wildman–Crippen MR) is 122 cm³/mol. The summed E-state index contributed by atoms with van der Waals surface area (Å²) in [4.78, 5) is 11.5. The van der Waals surface area contributed by atoms with Gasteiger partial charge < -0.3 is 15.8 Å². The van der Waals surface area contributed by atoms with Crippen LogP contribution in [0.25, 0.3) is 28.0 Å². The summed E-state index contributed by atoms with van der Waals surface area (Å²) < 4.78 is 34.2. The molecule has 1 fully saturated rings. The highest BCUT2D eigenvalue weighted by molar-refractivity contribution is 5.99. The number of anilines is 2. The van der Waals surface area contributed by atoms with Gasteiger partial charge in [0.1, 0.15) is 17.5 Å². The van der Waals surface area contributed by atoms with Crippen LogP contribution in [0.5, 0.6) is 0 Å². The molecule has 0 aliphatic carbocycles. The largest absolute Gasteiger partial charge is 0.383 e. The Balaban J connectivity index is 1.54. The molecule has 1 aliphatic heterocycles. The van der Waals surface area contributed by atoms with Gasteiger partial charge in [0, 0.05) is 31.7 Å². The highest BCUT2D eigenvalue weighted by Crippen LogP contribution is 2.33. The van der Waals surface area contributed by atoms with E-state index in [0.717, 1.165) is 32.8 Å². The van der Waals surface area contributed by atoms with E-state index < -0.39 is 5.82 Å². The summed E-state index contributed by atoms with van der Waals surface area (Å²) in [6, 6.07) is 12.0. The van der Waals surface area contributed by atoms with Crippen LogP contribution in [-0.4, -0.2) is 64.0 Å². The van der Waals surface area contributed by atoms with Crippen molar-refractivity contribution in [1.82, 2.24) is 24.6 Å². The predicted octanol–water partition coefficient (Wildman–Crippen LogP) is 3.09. The van der Waals surface area contributed by atoms with E-state index in [4.69, 9.17) is 10.5 Å². The molecule has 33 heavy (non-hydrogen) atoms. The van der Waals surface area contributed by atoms with Gasteiger partial charge in [-0.2, -0.15) is 4.98 Å². The number of aromatic nitrogens is 4. The fourth-order valence-corrected chi connectivity index (χ4v) is 3.86. The van der Waals surface area contributed by atoms with Gasteiger partial charge in [0.05, 0.1) is 30.0 Å². The molecule has 10 heteroatoms. The number of morpholine rings is 1. The Labute approximate surface area is 189 Å². The zero-order valence-corrected chi connectivity index (χ0v) is 17.8. The van der Waals surface area contributed by atoms with Crippen LogP contribution in [0.4, 0.5) is 20.5 Å². The summed E-state index contributed by atoms with van der Waals surface area (Å²) in [6.45, 7) is 4.68. The molecule has 0 bridgehead atoms. The Kier molecular flexibility index (Phi) is 5.84. The van der Waals surface area contributed by atoms with Crippen molar-refractivity contribution in [3.05, 3.63) is 60.2 Å². The molecule has 0 amide bonds. The Morgan fingerprint density at radius 1 is 1.00 bits per heavy atom. The summed E-state index contributed by atoms with van der Waals surface area (Å²) in [7, 11) is 0. The fourth-order valence-electron chi connectivity index (χ4n) is 3.86. The van der Waals surface area contributed by atoms with Crippen LogP contribution in [0, 0.1) is 11.6 Å². The van der Waals surface area contributed by atoms with Crippen molar-refractivity contribution in [2.75, 3.05) is 50.4 Å². The minimum atomic E-state index is -0.401. The smallest absolute Gasteiger partial charge is 0.225 e. The van der Waals surface area contributed by atoms with E-state index >= 15 is 0 Å². The number of halogens is 2. The lowest BCUT2D eigenvalue weighted by Gasteiger charge is -2.26. The number of fused-ring (bicyclic) bond motifs is 1. The Morgan fingerprint density at radius 3 is 2.55 bits per heavy atom. The Bertz CT molecular complexity index is 1270. The van der Waals surface area contributed by atoms with Gasteiger partial charge >= 0.3 is 0 Å². The zero-order chi connectivity index (χ0) is 22.8. The van der Waals surface area contributed by atoms with Crippen LogP contribution in [-0.2, 0) is 4.74 Å². The molecule has 3 heterocycles. The third kappa shape index (κ3) is 4.48. The molecule has 8 nitrogen and oxygen atoms in total. The van der Waals surface area contributed by atoms with Gasteiger partial charge in [-0.25, -0.2) is 18.4 Å². The lowest BCUT2D eigenvalue weighted by molar-refractivity contribution is 0.0398. The topological polar surface area (TPSA) is 94.1 Å². The number of benzene rings is 2. The van der Waals surface area contributed by atoms with E-state index in [9.17, 15) is 8.78 Å². The lowest BCUT2D eigenvalue weighted by Crippen LogP contribution is -2.39. The summed E-state index contributed by atoms with van der Waals surface area (Å²) in [5, 5.41) is 8.29. The number of hydrogen-bond acceptors (Lipinski definition) is 7. The van der Waals surface area contributed by atoms with Crippen molar-refractivity contribution < 1.29 is 13.5 Å². The van der Waals surface area contributed by atoms with Gasteiger partial charge in [-0.3, -0.25) is 4.90 Å². The van der Waals surface area contributed by atoms with E-state index in [0.29, 0.717) is 40.5 Å². The van der Waals surface area contributed by atoms with E-state index in [-0.39, 0.29) is 11.6 Å². The molecule has 2 aromatic heterocycles. The molecular weight excluding hydrogens is 428 g/mol. The monoisotopic (exact) mass is 451 g/mol. The maximum Gasteiger partial charge on any atom is 0.225 e. The summed E-state index contributed by atoms with van der Waals surface area (Å²) in [5.41, 5.74) is 8.45. The van der Waals surface area contributed by atoms with Crippen LogP contribution in [0.3, 0.4) is 0 Å². The van der Waals surface area contributed by atoms with Gasteiger partial charge in [0.15, 0.2) is 5.65 Å². The minimum absolute atomic E-state index is 0.273. The van der Waals surface area contributed by atoms with Crippen molar-refractivity contribution in [2.24, 2.45) is 0 Å². The first-order valence-corrected chi connectivity index (χ1v) is 10.7. The molecular formula is C23H23F2N7O. The quantitative estimate of drug-likeness (QED) is 0.465. The minimum Gasteiger partial charge on any atom is -0.383 e. The first kappa shape index (κ1) is 21.2. The molecule has 0 unspecified atom stereocenters. The SMILES string of the molecule is Nc1c2c(-c3ccc(F)cc3)nc(NCCN3CCOCC3)nc2nn1-c1cccc(F)c1. The molecule has 1 saturated heterocycles. The van der Waals surface area contributed by atoms with Gasteiger partial charge in [0.25, 0.3) is 0 Å². The van der Waals surface area contributed by atoms with Gasteiger partial charge in [-0.05, 0) is 42.5 Å². The van der Waals surface area contributed by atoms with Crippen LogP contribution < -0.4 is 11.1 Å². The number of hydrogen-bond donors (Lipinski definition) is 2.